The lowest BCUT2D eigenvalue weighted by Crippen LogP contribution is -2.25. The summed E-state index contributed by atoms with van der Waals surface area (Å²) in [5.41, 5.74) is 0. The van der Waals surface area contributed by atoms with E-state index in [2.05, 4.69) is 47.0 Å². The van der Waals surface area contributed by atoms with Crippen LogP contribution in [0.25, 0.3) is 0 Å². The molecule has 3 fully saturated rings. The predicted octanol–water partition coefficient (Wildman–Crippen LogP) is 3.93. The largest absolute Gasteiger partial charge is 0.379 e. The Morgan fingerprint density at radius 1 is 0.625 bits per heavy atom. The van der Waals surface area contributed by atoms with E-state index in [9.17, 15) is 0 Å². The zero-order chi connectivity index (χ0) is 16.5. The van der Waals surface area contributed by atoms with Gasteiger partial charge in [0.15, 0.2) is 0 Å². The lowest BCUT2D eigenvalue weighted by atomic mass is 10.5. The first kappa shape index (κ1) is 20.7. The fourth-order valence-corrected chi connectivity index (χ4v) is 8.71. The molecule has 0 aromatic rings. The van der Waals surface area contributed by atoms with Crippen LogP contribution in [0.2, 0.25) is 0 Å². The zero-order valence-electron chi connectivity index (χ0n) is 14.1. The molecule has 3 saturated heterocycles. The topological polar surface area (TPSA) is 18.5 Å². The van der Waals surface area contributed by atoms with Gasteiger partial charge in [0.05, 0.1) is 26.4 Å². The molecule has 4 atom stereocenters. The van der Waals surface area contributed by atoms with Crippen molar-refractivity contribution in [1.82, 2.24) is 0 Å². The van der Waals surface area contributed by atoms with Crippen molar-refractivity contribution in [2.75, 3.05) is 72.5 Å². The van der Waals surface area contributed by atoms with E-state index < -0.39 is 0 Å². The molecule has 3 aliphatic rings. The Balaban J connectivity index is 1.08. The van der Waals surface area contributed by atoms with Gasteiger partial charge in [-0.25, -0.2) is 0 Å². The summed E-state index contributed by atoms with van der Waals surface area (Å²) in [4.78, 5) is 0. The molecular formula is C16H28O2S6. The first-order chi connectivity index (χ1) is 11.9. The number of ether oxygens (including phenoxy) is 2. The average molecular weight is 445 g/mol. The van der Waals surface area contributed by atoms with Crippen molar-refractivity contribution >= 4 is 70.6 Å². The summed E-state index contributed by atoms with van der Waals surface area (Å²) >= 11 is 12.6. The number of rotatable bonds is 14. The van der Waals surface area contributed by atoms with Crippen LogP contribution >= 0.6 is 70.6 Å². The molecule has 0 amide bonds. The quantitative estimate of drug-likeness (QED) is 0.292. The Bertz CT molecular complexity index is 301. The number of thioether (sulfide) groups is 6. The van der Waals surface area contributed by atoms with Gasteiger partial charge in [-0.1, -0.05) is 0 Å². The summed E-state index contributed by atoms with van der Waals surface area (Å²) in [6, 6.07) is 0. The number of hydrogen-bond donors (Lipinski definition) is 0. The molecule has 0 aromatic carbocycles. The molecule has 0 aliphatic carbocycles. The minimum absolute atomic E-state index is 0.818. The van der Waals surface area contributed by atoms with Gasteiger partial charge in [-0.3, -0.25) is 0 Å². The molecule has 0 saturated carbocycles. The van der Waals surface area contributed by atoms with Crippen molar-refractivity contribution in [3.63, 3.8) is 0 Å². The molecule has 0 spiro atoms. The summed E-state index contributed by atoms with van der Waals surface area (Å²) in [5, 5.41) is 3.33. The molecule has 4 unspecified atom stereocenters. The van der Waals surface area contributed by atoms with Crippen LogP contribution in [0.5, 0.6) is 0 Å². The molecule has 2 nitrogen and oxygen atoms in total. The molecule has 0 N–H and O–H groups in total. The van der Waals surface area contributed by atoms with E-state index in [4.69, 9.17) is 9.47 Å². The van der Waals surface area contributed by atoms with Crippen LogP contribution in [0.1, 0.15) is 0 Å². The van der Waals surface area contributed by atoms with Gasteiger partial charge in [0.1, 0.15) is 0 Å². The van der Waals surface area contributed by atoms with E-state index in [1.807, 2.05) is 23.5 Å². The van der Waals surface area contributed by atoms with Crippen molar-refractivity contribution in [3.05, 3.63) is 0 Å². The van der Waals surface area contributed by atoms with Crippen LogP contribution in [-0.4, -0.2) is 93.5 Å². The van der Waals surface area contributed by atoms with E-state index >= 15 is 0 Å². The van der Waals surface area contributed by atoms with Crippen LogP contribution in [-0.2, 0) is 9.47 Å². The van der Waals surface area contributed by atoms with Crippen molar-refractivity contribution in [1.29, 1.82) is 0 Å². The Kier molecular flexibility index (Phi) is 10.8. The molecule has 0 aromatic heterocycles. The Morgan fingerprint density at radius 3 is 1.42 bits per heavy atom. The third kappa shape index (κ3) is 9.81. The highest BCUT2D eigenvalue weighted by atomic mass is 32.2. The van der Waals surface area contributed by atoms with Gasteiger partial charge in [-0.15, -0.1) is 0 Å². The first-order valence-electron chi connectivity index (χ1n) is 8.67. The summed E-state index contributed by atoms with van der Waals surface area (Å²) < 4.78 is 11.4. The molecule has 24 heavy (non-hydrogen) atoms. The van der Waals surface area contributed by atoms with Gasteiger partial charge in [0.2, 0.25) is 0 Å². The van der Waals surface area contributed by atoms with Gasteiger partial charge in [-0.05, 0) is 0 Å². The van der Waals surface area contributed by atoms with E-state index in [1.165, 1.54) is 34.5 Å². The van der Waals surface area contributed by atoms with Crippen LogP contribution in [0, 0.1) is 0 Å². The maximum atomic E-state index is 5.68. The fourth-order valence-electron chi connectivity index (χ4n) is 2.20. The number of hydrogen-bond acceptors (Lipinski definition) is 8. The van der Waals surface area contributed by atoms with Crippen LogP contribution in [0.15, 0.2) is 0 Å². The van der Waals surface area contributed by atoms with Gasteiger partial charge in [0.25, 0.3) is 0 Å². The Labute approximate surface area is 172 Å². The summed E-state index contributed by atoms with van der Waals surface area (Å²) in [7, 11) is 0. The molecule has 3 rings (SSSR count). The van der Waals surface area contributed by atoms with Crippen LogP contribution in [0.4, 0.5) is 0 Å². The van der Waals surface area contributed by atoms with E-state index in [-0.39, 0.29) is 0 Å². The molecule has 140 valence electrons. The van der Waals surface area contributed by atoms with Gasteiger partial charge in [0, 0.05) is 67.0 Å². The summed E-state index contributed by atoms with van der Waals surface area (Å²) in [6.45, 7) is 3.83. The smallest absolute Gasteiger partial charge is 0.0593 e. The SMILES string of the molecule is C(CSCC1CSC(CSCCOCC2CS2)CS1)OCC1CS1. The molecule has 3 aliphatic heterocycles. The van der Waals surface area contributed by atoms with Crippen molar-refractivity contribution in [3.8, 4) is 0 Å². The van der Waals surface area contributed by atoms with Crippen molar-refractivity contribution in [2.24, 2.45) is 0 Å². The first-order valence-corrected chi connectivity index (χ1v) is 15.2. The molecule has 3 heterocycles. The van der Waals surface area contributed by atoms with E-state index in [1.54, 1.807) is 0 Å². The van der Waals surface area contributed by atoms with Gasteiger partial charge in [-0.2, -0.15) is 70.6 Å². The minimum Gasteiger partial charge on any atom is -0.379 e. The highest BCUT2D eigenvalue weighted by molar-refractivity contribution is 8.09. The molecular weight excluding hydrogens is 417 g/mol. The molecule has 0 bridgehead atoms. The Hall–Kier alpha value is 2.02. The standard InChI is InChI=1S/C16H28O2S6/c1(17-5-13-9-21-13)3-19-7-15-11-24-16(12-23-15)8-20-4-2-18-6-14-10-22-14/h13-16H,1-12H2. The van der Waals surface area contributed by atoms with Gasteiger partial charge < -0.3 is 9.47 Å². The second kappa shape index (κ2) is 12.5. The third-order valence-corrected chi connectivity index (χ3v) is 11.5. The predicted molar refractivity (Wildman–Crippen MR) is 121 cm³/mol. The highest BCUT2D eigenvalue weighted by Crippen LogP contribution is 2.33. The van der Waals surface area contributed by atoms with E-state index in [0.29, 0.717) is 0 Å². The summed E-state index contributed by atoms with van der Waals surface area (Å²) in [6.07, 6.45) is 0. The summed E-state index contributed by atoms with van der Waals surface area (Å²) in [5.74, 6) is 10.2. The van der Waals surface area contributed by atoms with Crippen LogP contribution < -0.4 is 0 Å². The third-order valence-electron chi connectivity index (χ3n) is 3.80. The average Bonchev–Trinajstić information content (AvgIpc) is 3.50. The lowest BCUT2D eigenvalue weighted by molar-refractivity contribution is 0.158. The maximum absolute atomic E-state index is 5.68. The monoisotopic (exact) mass is 444 g/mol. The second-order valence-corrected chi connectivity index (χ2v) is 13.8. The molecule has 0 radical (unpaired) electrons. The van der Waals surface area contributed by atoms with Crippen molar-refractivity contribution < 1.29 is 9.47 Å². The van der Waals surface area contributed by atoms with Gasteiger partial charge >= 0.3 is 0 Å². The second-order valence-electron chi connectivity index (χ2n) is 6.12. The van der Waals surface area contributed by atoms with E-state index in [0.717, 1.165) is 58.9 Å². The zero-order valence-corrected chi connectivity index (χ0v) is 19.0. The fraction of sp³-hybridized carbons (Fsp3) is 1.00. The Morgan fingerprint density at radius 2 is 1.04 bits per heavy atom. The van der Waals surface area contributed by atoms with Crippen LogP contribution in [0.3, 0.4) is 0 Å². The van der Waals surface area contributed by atoms with Crippen molar-refractivity contribution in [2.45, 2.75) is 21.0 Å². The molecule has 8 heteroatoms. The maximum Gasteiger partial charge on any atom is 0.0593 e. The minimum atomic E-state index is 0.818. The normalized spacial score (nSPS) is 32.0. The lowest BCUT2D eigenvalue weighted by Gasteiger charge is -2.27. The highest BCUT2D eigenvalue weighted by Gasteiger charge is 2.24.